The van der Waals surface area contributed by atoms with Gasteiger partial charge in [-0.25, -0.2) is 4.68 Å². The summed E-state index contributed by atoms with van der Waals surface area (Å²) >= 11 is 5.96. The van der Waals surface area contributed by atoms with Crippen LogP contribution in [-0.2, 0) is 0 Å². The number of methoxy groups -OCH3 is 1. The third-order valence-corrected chi connectivity index (χ3v) is 3.91. The Morgan fingerprint density at radius 2 is 2.08 bits per heavy atom. The van der Waals surface area contributed by atoms with Crippen molar-refractivity contribution >= 4 is 23.5 Å². The van der Waals surface area contributed by atoms with Gasteiger partial charge in [0.25, 0.3) is 0 Å². The van der Waals surface area contributed by atoms with E-state index in [1.54, 1.807) is 53.5 Å². The lowest BCUT2D eigenvalue weighted by Crippen LogP contribution is -2.04. The molecule has 0 aliphatic carbocycles. The summed E-state index contributed by atoms with van der Waals surface area (Å²) in [6.45, 7) is 0. The maximum atomic E-state index is 12.6. The summed E-state index contributed by atoms with van der Waals surface area (Å²) in [7, 11) is 1.43. The molecule has 0 saturated carbocycles. The molecule has 0 unspecified atom stereocenters. The molecule has 2 aromatic carbocycles. The molecule has 6 heteroatoms. The zero-order valence-electron chi connectivity index (χ0n) is 13.4. The Bertz CT molecular complexity index is 934. The lowest BCUT2D eigenvalue weighted by atomic mass is 10.1. The monoisotopic (exact) mass is 354 g/mol. The number of halogens is 1. The van der Waals surface area contributed by atoms with Gasteiger partial charge in [-0.15, -0.1) is 0 Å². The van der Waals surface area contributed by atoms with Crippen LogP contribution in [0.1, 0.15) is 15.9 Å². The Labute approximate surface area is 149 Å². The largest absolute Gasteiger partial charge is 0.503 e. The van der Waals surface area contributed by atoms with E-state index in [9.17, 15) is 9.90 Å². The summed E-state index contributed by atoms with van der Waals surface area (Å²) < 4.78 is 6.70. The number of rotatable bonds is 5. The predicted octanol–water partition coefficient (Wildman–Crippen LogP) is 4.14. The fourth-order valence-electron chi connectivity index (χ4n) is 2.40. The van der Waals surface area contributed by atoms with Crippen molar-refractivity contribution < 1.29 is 14.6 Å². The van der Waals surface area contributed by atoms with E-state index in [1.165, 1.54) is 13.2 Å². The number of phenolic OH excluding ortho intramolecular Hbond substituents is 1. The number of aromatic hydroxyl groups is 1. The first-order valence-corrected chi connectivity index (χ1v) is 7.86. The molecule has 0 saturated heterocycles. The number of ether oxygens (including phenoxy) is 1. The van der Waals surface area contributed by atoms with E-state index in [0.717, 1.165) is 0 Å². The summed E-state index contributed by atoms with van der Waals surface area (Å²) in [5.41, 5.74) is 1.87. The Hall–Kier alpha value is -3.05. The molecule has 1 N–H and O–H groups in total. The van der Waals surface area contributed by atoms with Gasteiger partial charge in [0.1, 0.15) is 0 Å². The molecule has 3 rings (SSSR count). The zero-order valence-corrected chi connectivity index (χ0v) is 14.1. The van der Waals surface area contributed by atoms with Crippen LogP contribution < -0.4 is 4.74 Å². The molecular weight excluding hydrogens is 340 g/mol. The van der Waals surface area contributed by atoms with Crippen molar-refractivity contribution in [3.63, 3.8) is 0 Å². The highest BCUT2D eigenvalue weighted by Crippen LogP contribution is 2.35. The van der Waals surface area contributed by atoms with Crippen molar-refractivity contribution in [2.45, 2.75) is 0 Å². The van der Waals surface area contributed by atoms with Crippen LogP contribution in [0.4, 0.5) is 0 Å². The topological polar surface area (TPSA) is 64.4 Å². The minimum atomic E-state index is -0.172. The average molecular weight is 355 g/mol. The van der Waals surface area contributed by atoms with Crippen molar-refractivity contribution in [1.29, 1.82) is 0 Å². The molecule has 0 aliphatic rings. The highest BCUT2D eigenvalue weighted by atomic mass is 35.5. The number of ketones is 1. The summed E-state index contributed by atoms with van der Waals surface area (Å²) in [6.07, 6.45) is 6.50. The van der Waals surface area contributed by atoms with Crippen LogP contribution >= 0.6 is 11.6 Å². The van der Waals surface area contributed by atoms with Crippen LogP contribution in [0.15, 0.2) is 60.9 Å². The number of para-hydroxylation sites is 1. The minimum absolute atomic E-state index is 0.128. The van der Waals surface area contributed by atoms with Gasteiger partial charge in [-0.05, 0) is 42.0 Å². The number of carbonyl (C=O) groups excluding carboxylic acids is 1. The lowest BCUT2D eigenvalue weighted by molar-refractivity contribution is 0.104. The van der Waals surface area contributed by atoms with Crippen molar-refractivity contribution in [3.05, 3.63) is 77.1 Å². The molecule has 0 radical (unpaired) electrons. The van der Waals surface area contributed by atoms with E-state index < -0.39 is 0 Å². The Balaban J connectivity index is 1.91. The Kier molecular flexibility index (Phi) is 4.86. The van der Waals surface area contributed by atoms with Gasteiger partial charge in [-0.3, -0.25) is 4.79 Å². The van der Waals surface area contributed by atoms with Crippen molar-refractivity contribution in [3.8, 4) is 17.2 Å². The maximum Gasteiger partial charge on any atom is 0.188 e. The van der Waals surface area contributed by atoms with Crippen molar-refractivity contribution in [1.82, 2.24) is 9.78 Å². The van der Waals surface area contributed by atoms with Crippen LogP contribution in [0, 0.1) is 0 Å². The van der Waals surface area contributed by atoms with E-state index in [4.69, 9.17) is 16.3 Å². The molecule has 0 spiro atoms. The molecule has 0 atom stereocenters. The molecule has 126 valence electrons. The van der Waals surface area contributed by atoms with Crippen molar-refractivity contribution in [2.24, 2.45) is 0 Å². The summed E-state index contributed by atoms with van der Waals surface area (Å²) in [5.74, 6) is -0.0533. The molecule has 3 aromatic rings. The van der Waals surface area contributed by atoms with Gasteiger partial charge in [0, 0.05) is 18.0 Å². The quantitative estimate of drug-likeness (QED) is 0.552. The molecule has 0 bridgehead atoms. The second-order valence-corrected chi connectivity index (χ2v) is 5.63. The minimum Gasteiger partial charge on any atom is -0.503 e. The van der Waals surface area contributed by atoms with Crippen molar-refractivity contribution in [2.75, 3.05) is 7.11 Å². The summed E-state index contributed by atoms with van der Waals surface area (Å²) in [5, 5.41) is 14.1. The van der Waals surface area contributed by atoms with Gasteiger partial charge in [-0.1, -0.05) is 29.8 Å². The number of nitrogens with zero attached hydrogens (tertiary/aromatic N) is 2. The maximum absolute atomic E-state index is 12.6. The van der Waals surface area contributed by atoms with E-state index >= 15 is 0 Å². The summed E-state index contributed by atoms with van der Waals surface area (Å²) in [4.78, 5) is 12.6. The highest BCUT2D eigenvalue weighted by molar-refractivity contribution is 6.32. The smallest absolute Gasteiger partial charge is 0.188 e. The Morgan fingerprint density at radius 3 is 2.80 bits per heavy atom. The number of aromatic nitrogens is 2. The fourth-order valence-corrected chi connectivity index (χ4v) is 2.62. The average Bonchev–Trinajstić information content (AvgIpc) is 3.16. The fraction of sp³-hybridized carbons (Fsp3) is 0.0526. The SMILES string of the molecule is COc1cc(/C=C\C(=O)c2ccccc2-n2cccn2)cc(Cl)c1O. The normalized spacial score (nSPS) is 11.0. The molecule has 1 heterocycles. The van der Waals surface area contributed by atoms with Gasteiger partial charge in [0.2, 0.25) is 0 Å². The van der Waals surface area contributed by atoms with Crippen LogP contribution in [0.3, 0.4) is 0 Å². The second-order valence-electron chi connectivity index (χ2n) is 5.22. The zero-order chi connectivity index (χ0) is 17.8. The van der Waals surface area contributed by atoms with Crippen LogP contribution in [0.2, 0.25) is 5.02 Å². The molecule has 25 heavy (non-hydrogen) atoms. The number of hydrogen-bond acceptors (Lipinski definition) is 4. The second kappa shape index (κ2) is 7.23. The number of carbonyl (C=O) groups is 1. The van der Waals surface area contributed by atoms with Crippen LogP contribution in [0.5, 0.6) is 11.5 Å². The molecule has 0 aliphatic heterocycles. The van der Waals surface area contributed by atoms with Gasteiger partial charge < -0.3 is 9.84 Å². The van der Waals surface area contributed by atoms with E-state index in [0.29, 0.717) is 16.8 Å². The first-order valence-electron chi connectivity index (χ1n) is 7.48. The lowest BCUT2D eigenvalue weighted by Gasteiger charge is -2.07. The highest BCUT2D eigenvalue weighted by Gasteiger charge is 2.11. The van der Waals surface area contributed by atoms with Gasteiger partial charge in [-0.2, -0.15) is 5.10 Å². The van der Waals surface area contributed by atoms with Gasteiger partial charge in [0.05, 0.1) is 17.8 Å². The van der Waals surface area contributed by atoms with Gasteiger partial charge in [0.15, 0.2) is 17.3 Å². The number of phenols is 1. The molecule has 0 fully saturated rings. The molecule has 5 nitrogen and oxygen atoms in total. The molecule has 0 amide bonds. The number of hydrogen-bond donors (Lipinski definition) is 1. The number of allylic oxidation sites excluding steroid dienone is 1. The molecular formula is C19H15ClN2O3. The predicted molar refractivity (Wildman–Crippen MR) is 96.6 cm³/mol. The first kappa shape index (κ1) is 16.8. The van der Waals surface area contributed by atoms with Gasteiger partial charge >= 0.3 is 0 Å². The first-order chi connectivity index (χ1) is 12.1. The van der Waals surface area contributed by atoms with E-state index in [-0.39, 0.29) is 22.3 Å². The Morgan fingerprint density at radius 1 is 1.28 bits per heavy atom. The standard InChI is InChI=1S/C19H15ClN2O3/c1-25-18-12-13(11-15(20)19(18)24)7-8-17(23)14-5-2-3-6-16(14)22-10-4-9-21-22/h2-12,24H,1H3/b8-7-. The number of benzene rings is 2. The third-order valence-electron chi connectivity index (χ3n) is 3.62. The van der Waals surface area contributed by atoms with Crippen LogP contribution in [-0.4, -0.2) is 27.8 Å². The molecule has 1 aromatic heterocycles. The van der Waals surface area contributed by atoms with E-state index in [1.807, 2.05) is 12.1 Å². The van der Waals surface area contributed by atoms with E-state index in [2.05, 4.69) is 5.10 Å². The van der Waals surface area contributed by atoms with Crippen LogP contribution in [0.25, 0.3) is 11.8 Å². The summed E-state index contributed by atoms with van der Waals surface area (Å²) in [6, 6.07) is 12.2. The third kappa shape index (κ3) is 3.56.